The Bertz CT molecular complexity index is 1260. The number of rotatable bonds is 10. The Labute approximate surface area is 238 Å². The smallest absolute Gasteiger partial charge is 0.338 e. The molecule has 4 rings (SSSR count). The van der Waals surface area contributed by atoms with E-state index >= 15 is 0 Å². The highest BCUT2D eigenvalue weighted by Gasteiger charge is 2.49. The Balaban J connectivity index is 1.54. The lowest BCUT2D eigenvalue weighted by Gasteiger charge is -2.27. The molecule has 0 saturated carbocycles. The van der Waals surface area contributed by atoms with Crippen molar-refractivity contribution in [3.63, 3.8) is 0 Å². The maximum absolute atomic E-state index is 13.2. The Morgan fingerprint density at radius 3 is 2.23 bits per heavy atom. The summed E-state index contributed by atoms with van der Waals surface area (Å²) in [5.74, 6) is -1.95. The summed E-state index contributed by atoms with van der Waals surface area (Å²) in [6.07, 6.45) is -1.46. The normalized spacial score (nSPS) is 18.9. The first-order chi connectivity index (χ1) is 18.6. The van der Waals surface area contributed by atoms with Crippen molar-refractivity contribution in [3.05, 3.63) is 94.0 Å². The van der Waals surface area contributed by atoms with E-state index in [0.717, 1.165) is 22.3 Å². The third-order valence-corrected chi connectivity index (χ3v) is 6.65. The number of halogens is 2. The molecule has 1 aliphatic rings. The highest BCUT2D eigenvalue weighted by atomic mass is 35.5. The van der Waals surface area contributed by atoms with E-state index in [4.69, 9.17) is 42.1 Å². The van der Waals surface area contributed by atoms with E-state index in [9.17, 15) is 9.59 Å². The van der Waals surface area contributed by atoms with Crippen LogP contribution in [0.2, 0.25) is 10.0 Å². The zero-order valence-electron chi connectivity index (χ0n) is 22.0. The van der Waals surface area contributed by atoms with Crippen molar-refractivity contribution in [2.75, 3.05) is 13.7 Å². The van der Waals surface area contributed by atoms with Crippen LogP contribution in [0.15, 0.2) is 72.8 Å². The highest BCUT2D eigenvalue weighted by molar-refractivity contribution is 6.35. The summed E-state index contributed by atoms with van der Waals surface area (Å²) in [5, 5.41) is 4.05. The summed E-state index contributed by atoms with van der Waals surface area (Å²) in [6, 6.07) is 21.9. The van der Waals surface area contributed by atoms with Gasteiger partial charge in [0.05, 0.1) is 6.04 Å². The molecule has 1 amide bonds. The molecule has 0 bridgehead atoms. The second-order valence-corrected chi connectivity index (χ2v) is 10.7. The number of nitrogens with one attached hydrogen (secondary N) is 1. The molecule has 1 aliphatic heterocycles. The maximum Gasteiger partial charge on any atom is 0.338 e. The molecule has 3 atom stereocenters. The first-order valence-electron chi connectivity index (χ1n) is 12.5. The highest BCUT2D eigenvalue weighted by Crippen LogP contribution is 2.33. The van der Waals surface area contributed by atoms with Gasteiger partial charge in [-0.05, 0) is 60.7 Å². The second kappa shape index (κ2) is 12.9. The number of methoxy groups -OCH3 is 1. The summed E-state index contributed by atoms with van der Waals surface area (Å²) < 4.78 is 22.7. The predicted octanol–water partition coefficient (Wildman–Crippen LogP) is 5.60. The van der Waals surface area contributed by atoms with Crippen LogP contribution in [-0.2, 0) is 41.6 Å². The Morgan fingerprint density at radius 1 is 0.923 bits per heavy atom. The molecule has 1 fully saturated rings. The summed E-state index contributed by atoms with van der Waals surface area (Å²) in [5.41, 5.74) is 3.59. The molecule has 206 valence electrons. The molecule has 1 heterocycles. The van der Waals surface area contributed by atoms with E-state index in [1.54, 1.807) is 19.9 Å². The Kier molecular flexibility index (Phi) is 9.64. The molecule has 1 N–H and O–H groups in total. The van der Waals surface area contributed by atoms with Crippen LogP contribution in [0.1, 0.15) is 25.0 Å². The molecule has 0 radical (unpaired) electrons. The molecule has 0 aromatic heterocycles. The summed E-state index contributed by atoms with van der Waals surface area (Å²) in [7, 11) is 1.44. The van der Waals surface area contributed by atoms with Gasteiger partial charge in [0.1, 0.15) is 19.3 Å². The van der Waals surface area contributed by atoms with Crippen LogP contribution in [0.25, 0.3) is 11.1 Å². The number of hydrogen-bond acceptors (Lipinski definition) is 6. The number of ether oxygens (including phenoxy) is 4. The molecular formula is C30H31Cl2NO6. The number of esters is 1. The van der Waals surface area contributed by atoms with Gasteiger partial charge in [0.25, 0.3) is 0 Å². The minimum Gasteiger partial charge on any atom is -0.459 e. The van der Waals surface area contributed by atoms with Crippen molar-refractivity contribution in [3.8, 4) is 11.1 Å². The van der Waals surface area contributed by atoms with Crippen LogP contribution in [0.5, 0.6) is 0 Å². The molecule has 9 heteroatoms. The standard InChI is InChI=1S/C30H31Cl2NO6/c1-30(2)38-27(28(39-30)29(35)37-17-20-7-5-4-6-8-20)25(33-26(34)18-36-3)13-19-9-11-21(12-10-19)22-14-23(31)16-24(32)15-22/h4-12,14-16,25,27-28H,13,17-18H2,1-3H3,(H,33,34). The van der Waals surface area contributed by atoms with Crippen LogP contribution in [0.3, 0.4) is 0 Å². The van der Waals surface area contributed by atoms with Gasteiger partial charge < -0.3 is 24.3 Å². The van der Waals surface area contributed by atoms with Crippen LogP contribution in [0, 0.1) is 0 Å². The molecule has 3 aromatic carbocycles. The maximum atomic E-state index is 13.2. The van der Waals surface area contributed by atoms with Crippen molar-refractivity contribution in [2.45, 2.75) is 50.9 Å². The van der Waals surface area contributed by atoms with E-state index in [0.29, 0.717) is 16.5 Å². The lowest BCUT2D eigenvalue weighted by atomic mass is 9.96. The number of benzene rings is 3. The van der Waals surface area contributed by atoms with Gasteiger partial charge in [0, 0.05) is 17.2 Å². The van der Waals surface area contributed by atoms with E-state index in [1.165, 1.54) is 7.11 Å². The molecule has 3 aromatic rings. The third kappa shape index (κ3) is 8.03. The van der Waals surface area contributed by atoms with Crippen molar-refractivity contribution < 1.29 is 28.5 Å². The van der Waals surface area contributed by atoms with Gasteiger partial charge in [-0.3, -0.25) is 4.79 Å². The number of amides is 1. The molecule has 39 heavy (non-hydrogen) atoms. The van der Waals surface area contributed by atoms with Gasteiger partial charge >= 0.3 is 5.97 Å². The van der Waals surface area contributed by atoms with Crippen molar-refractivity contribution in [1.82, 2.24) is 5.32 Å². The van der Waals surface area contributed by atoms with Crippen molar-refractivity contribution in [1.29, 1.82) is 0 Å². The number of carbonyl (C=O) groups excluding carboxylic acids is 2. The average molecular weight is 572 g/mol. The predicted molar refractivity (Wildman–Crippen MR) is 149 cm³/mol. The fourth-order valence-corrected chi connectivity index (χ4v) is 5.04. The minimum atomic E-state index is -1.05. The molecule has 0 aliphatic carbocycles. The molecule has 3 unspecified atom stereocenters. The Morgan fingerprint density at radius 2 is 1.59 bits per heavy atom. The minimum absolute atomic E-state index is 0.0996. The third-order valence-electron chi connectivity index (χ3n) is 6.21. The van der Waals surface area contributed by atoms with E-state index in [-0.39, 0.29) is 19.1 Å². The molecule has 0 spiro atoms. The number of hydrogen-bond donors (Lipinski definition) is 1. The van der Waals surface area contributed by atoms with E-state index < -0.39 is 30.0 Å². The van der Waals surface area contributed by atoms with Crippen LogP contribution in [0.4, 0.5) is 0 Å². The summed E-state index contributed by atoms with van der Waals surface area (Å²) in [4.78, 5) is 25.7. The largest absolute Gasteiger partial charge is 0.459 e. The van der Waals surface area contributed by atoms with Gasteiger partial charge in [0.2, 0.25) is 5.91 Å². The Hall–Kier alpha value is -2.94. The molecular weight excluding hydrogens is 541 g/mol. The van der Waals surface area contributed by atoms with Gasteiger partial charge in [-0.25, -0.2) is 4.79 Å². The number of carbonyl (C=O) groups is 2. The fraction of sp³-hybridized carbons (Fsp3) is 0.333. The first-order valence-corrected chi connectivity index (χ1v) is 13.3. The molecule has 7 nitrogen and oxygen atoms in total. The lowest BCUT2D eigenvalue weighted by Crippen LogP contribution is -2.51. The van der Waals surface area contributed by atoms with Crippen molar-refractivity contribution >= 4 is 35.1 Å². The van der Waals surface area contributed by atoms with Gasteiger partial charge in [-0.15, -0.1) is 0 Å². The SMILES string of the molecule is COCC(=O)NC(Cc1ccc(-c2cc(Cl)cc(Cl)c2)cc1)C1OC(C)(C)OC1C(=O)OCc1ccccc1. The van der Waals surface area contributed by atoms with E-state index in [1.807, 2.05) is 66.7 Å². The lowest BCUT2D eigenvalue weighted by molar-refractivity contribution is -0.171. The zero-order chi connectivity index (χ0) is 28.0. The van der Waals surface area contributed by atoms with Gasteiger partial charge in [-0.2, -0.15) is 0 Å². The van der Waals surface area contributed by atoms with Crippen LogP contribution < -0.4 is 5.32 Å². The monoisotopic (exact) mass is 571 g/mol. The zero-order valence-corrected chi connectivity index (χ0v) is 23.5. The van der Waals surface area contributed by atoms with Gasteiger partial charge in [-0.1, -0.05) is 77.8 Å². The average Bonchev–Trinajstić information content (AvgIpc) is 3.23. The van der Waals surface area contributed by atoms with E-state index in [2.05, 4.69) is 5.32 Å². The summed E-state index contributed by atoms with van der Waals surface area (Å²) >= 11 is 12.3. The first kappa shape index (κ1) is 29.1. The van der Waals surface area contributed by atoms with Crippen molar-refractivity contribution in [2.24, 2.45) is 0 Å². The quantitative estimate of drug-likeness (QED) is 0.319. The molecule has 1 saturated heterocycles. The van der Waals surface area contributed by atoms with Crippen LogP contribution >= 0.6 is 23.2 Å². The van der Waals surface area contributed by atoms with Crippen LogP contribution in [-0.4, -0.2) is 49.6 Å². The summed E-state index contributed by atoms with van der Waals surface area (Å²) in [6.45, 7) is 3.42. The fourth-order valence-electron chi connectivity index (χ4n) is 4.51. The topological polar surface area (TPSA) is 83.1 Å². The second-order valence-electron chi connectivity index (χ2n) is 9.78. The van der Waals surface area contributed by atoms with Gasteiger partial charge in [0.15, 0.2) is 11.9 Å².